The van der Waals surface area contributed by atoms with Gasteiger partial charge in [-0.25, -0.2) is 4.39 Å². The van der Waals surface area contributed by atoms with Crippen LogP contribution in [-0.4, -0.2) is 55.2 Å². The van der Waals surface area contributed by atoms with Crippen LogP contribution >= 0.6 is 23.4 Å². The van der Waals surface area contributed by atoms with Crippen molar-refractivity contribution in [2.75, 3.05) is 42.3 Å². The maximum Gasteiger partial charge on any atom is 0.247 e. The van der Waals surface area contributed by atoms with Gasteiger partial charge >= 0.3 is 0 Å². The number of benzene rings is 2. The second-order valence-corrected chi connectivity index (χ2v) is 9.08. The first-order chi connectivity index (χ1) is 15.0. The smallest absolute Gasteiger partial charge is 0.247 e. The van der Waals surface area contributed by atoms with E-state index in [1.165, 1.54) is 23.9 Å². The van der Waals surface area contributed by atoms with Gasteiger partial charge in [-0.3, -0.25) is 9.59 Å². The lowest BCUT2D eigenvalue weighted by Crippen LogP contribution is -2.53. The summed E-state index contributed by atoms with van der Waals surface area (Å²) in [7, 11) is 0. The molecule has 2 aliphatic rings. The zero-order chi connectivity index (χ0) is 21.8. The molecule has 164 valence electrons. The normalized spacial score (nSPS) is 21.5. The molecule has 2 aromatic rings. The fraction of sp³-hybridized carbons (Fsp3) is 0.364. The molecule has 2 amide bonds. The highest BCUT2D eigenvalue weighted by Gasteiger charge is 2.33. The van der Waals surface area contributed by atoms with E-state index in [0.29, 0.717) is 49.2 Å². The van der Waals surface area contributed by atoms with Gasteiger partial charge < -0.3 is 20.3 Å². The Bertz CT molecular complexity index is 954. The first kappa shape index (κ1) is 21.9. The summed E-state index contributed by atoms with van der Waals surface area (Å²) >= 11 is 7.86. The van der Waals surface area contributed by atoms with Crippen molar-refractivity contribution in [3.63, 3.8) is 0 Å². The van der Waals surface area contributed by atoms with Gasteiger partial charge in [0.15, 0.2) is 0 Å². The second kappa shape index (κ2) is 9.89. The van der Waals surface area contributed by atoms with E-state index in [2.05, 4.69) is 15.5 Å². The maximum absolute atomic E-state index is 13.1. The number of morpholine rings is 1. The lowest BCUT2D eigenvalue weighted by Gasteiger charge is -2.32. The Hall–Kier alpha value is -2.29. The molecule has 0 aliphatic carbocycles. The van der Waals surface area contributed by atoms with Gasteiger partial charge in [0.25, 0.3) is 0 Å². The van der Waals surface area contributed by atoms with Crippen LogP contribution in [0, 0.1) is 5.82 Å². The summed E-state index contributed by atoms with van der Waals surface area (Å²) in [5.74, 6) is -0.326. The number of nitrogens with zero attached hydrogens (tertiary/aromatic N) is 1. The molecule has 6 nitrogen and oxygen atoms in total. The van der Waals surface area contributed by atoms with Gasteiger partial charge in [-0.2, -0.15) is 0 Å². The van der Waals surface area contributed by atoms with Crippen LogP contribution in [0.3, 0.4) is 0 Å². The minimum Gasteiger partial charge on any atom is -0.378 e. The first-order valence-corrected chi connectivity index (χ1v) is 11.5. The summed E-state index contributed by atoms with van der Waals surface area (Å²) in [6.45, 7) is 2.58. The Morgan fingerprint density at radius 2 is 1.97 bits per heavy atom. The number of ether oxygens (including phenoxy) is 1. The van der Waals surface area contributed by atoms with Crippen molar-refractivity contribution >= 4 is 46.6 Å². The molecular weight excluding hydrogens is 441 g/mol. The second-order valence-electron chi connectivity index (χ2n) is 7.44. The fourth-order valence-corrected chi connectivity index (χ4v) is 5.15. The SMILES string of the molecule is O=C(Nc1cccc(Cl)c1N1CCOCC1)C1CSC(Cc2ccc(F)cc2)C(=O)N1. The van der Waals surface area contributed by atoms with Crippen LogP contribution in [0.5, 0.6) is 0 Å². The predicted octanol–water partition coefficient (Wildman–Crippen LogP) is 3.10. The Morgan fingerprint density at radius 3 is 2.68 bits per heavy atom. The highest BCUT2D eigenvalue weighted by molar-refractivity contribution is 8.00. The maximum atomic E-state index is 13.1. The quantitative estimate of drug-likeness (QED) is 0.713. The van der Waals surface area contributed by atoms with E-state index in [1.807, 2.05) is 6.07 Å². The van der Waals surface area contributed by atoms with Crippen molar-refractivity contribution in [3.8, 4) is 0 Å². The number of carbonyl (C=O) groups excluding carboxylic acids is 2. The number of thioether (sulfide) groups is 1. The van der Waals surface area contributed by atoms with E-state index in [0.717, 1.165) is 11.3 Å². The standard InChI is InChI=1S/C22H23ClFN3O3S/c23-16-2-1-3-17(20(16)27-8-10-30-11-9-27)25-21(28)18-13-31-19(22(29)26-18)12-14-4-6-15(24)7-5-14/h1-7,18-19H,8-13H2,(H,25,28)(H,26,29). The Kier molecular flexibility index (Phi) is 6.99. The van der Waals surface area contributed by atoms with Crippen molar-refractivity contribution in [1.82, 2.24) is 5.32 Å². The number of para-hydroxylation sites is 1. The molecule has 0 aromatic heterocycles. The van der Waals surface area contributed by atoms with Crippen molar-refractivity contribution in [2.45, 2.75) is 17.7 Å². The van der Waals surface area contributed by atoms with Crippen LogP contribution in [0.15, 0.2) is 42.5 Å². The Morgan fingerprint density at radius 1 is 1.23 bits per heavy atom. The lowest BCUT2D eigenvalue weighted by atomic mass is 10.1. The molecule has 31 heavy (non-hydrogen) atoms. The number of halogens is 2. The van der Waals surface area contributed by atoms with Crippen LogP contribution < -0.4 is 15.5 Å². The highest BCUT2D eigenvalue weighted by atomic mass is 35.5. The van der Waals surface area contributed by atoms with Gasteiger partial charge in [-0.05, 0) is 36.2 Å². The molecule has 2 aromatic carbocycles. The number of hydrogen-bond donors (Lipinski definition) is 2. The van der Waals surface area contributed by atoms with E-state index >= 15 is 0 Å². The average Bonchev–Trinajstić information content (AvgIpc) is 2.77. The van der Waals surface area contributed by atoms with Crippen molar-refractivity contribution < 1.29 is 18.7 Å². The topological polar surface area (TPSA) is 70.7 Å². The van der Waals surface area contributed by atoms with Gasteiger partial charge in [0.2, 0.25) is 11.8 Å². The van der Waals surface area contributed by atoms with Gasteiger partial charge in [0.1, 0.15) is 11.9 Å². The molecule has 0 spiro atoms. The van der Waals surface area contributed by atoms with Crippen molar-refractivity contribution in [2.24, 2.45) is 0 Å². The van der Waals surface area contributed by atoms with Gasteiger partial charge in [0.05, 0.1) is 34.9 Å². The third-order valence-corrected chi connectivity index (χ3v) is 6.91. The molecule has 2 heterocycles. The predicted molar refractivity (Wildman–Crippen MR) is 121 cm³/mol. The average molecular weight is 464 g/mol. The van der Waals surface area contributed by atoms with Crippen LogP contribution in [-0.2, 0) is 20.7 Å². The monoisotopic (exact) mass is 463 g/mol. The van der Waals surface area contributed by atoms with Crippen LogP contribution in [0.1, 0.15) is 5.56 Å². The van der Waals surface area contributed by atoms with E-state index in [4.69, 9.17) is 16.3 Å². The molecule has 2 saturated heterocycles. The summed E-state index contributed by atoms with van der Waals surface area (Å²) in [5.41, 5.74) is 2.27. The summed E-state index contributed by atoms with van der Waals surface area (Å²) in [6, 6.07) is 10.9. The van der Waals surface area contributed by atoms with E-state index in [9.17, 15) is 14.0 Å². The lowest BCUT2D eigenvalue weighted by molar-refractivity contribution is -0.126. The van der Waals surface area contributed by atoms with Crippen LogP contribution in [0.4, 0.5) is 15.8 Å². The Balaban J connectivity index is 1.39. The zero-order valence-corrected chi connectivity index (χ0v) is 18.3. The minimum atomic E-state index is -0.640. The molecule has 4 rings (SSSR count). The van der Waals surface area contributed by atoms with Crippen LogP contribution in [0.25, 0.3) is 0 Å². The summed E-state index contributed by atoms with van der Waals surface area (Å²) in [4.78, 5) is 27.6. The number of amides is 2. The van der Waals surface area contributed by atoms with E-state index < -0.39 is 6.04 Å². The number of rotatable bonds is 5. The molecule has 2 atom stereocenters. The summed E-state index contributed by atoms with van der Waals surface area (Å²) in [5, 5.41) is 5.99. The number of hydrogen-bond acceptors (Lipinski definition) is 5. The molecule has 2 unspecified atom stereocenters. The molecule has 2 fully saturated rings. The Labute approximate surface area is 189 Å². The van der Waals surface area contributed by atoms with Gasteiger partial charge in [0, 0.05) is 18.8 Å². The minimum absolute atomic E-state index is 0.194. The van der Waals surface area contributed by atoms with Crippen molar-refractivity contribution in [1.29, 1.82) is 0 Å². The van der Waals surface area contributed by atoms with Crippen LogP contribution in [0.2, 0.25) is 5.02 Å². The third kappa shape index (κ3) is 5.31. The molecule has 2 N–H and O–H groups in total. The molecule has 2 aliphatic heterocycles. The number of anilines is 2. The molecule has 0 bridgehead atoms. The highest BCUT2D eigenvalue weighted by Crippen LogP contribution is 2.35. The van der Waals surface area contributed by atoms with E-state index in [1.54, 1.807) is 24.3 Å². The van der Waals surface area contributed by atoms with Gasteiger partial charge in [-0.15, -0.1) is 11.8 Å². The third-order valence-electron chi connectivity index (χ3n) is 5.30. The summed E-state index contributed by atoms with van der Waals surface area (Å²) < 4.78 is 18.5. The van der Waals surface area contributed by atoms with Gasteiger partial charge in [-0.1, -0.05) is 29.8 Å². The molecule has 0 saturated carbocycles. The summed E-state index contributed by atoms with van der Waals surface area (Å²) in [6.07, 6.45) is 0.487. The van der Waals surface area contributed by atoms with Crippen molar-refractivity contribution in [3.05, 3.63) is 58.9 Å². The zero-order valence-electron chi connectivity index (χ0n) is 16.8. The largest absolute Gasteiger partial charge is 0.378 e. The molecular formula is C22H23ClFN3O3S. The van der Waals surface area contributed by atoms with E-state index in [-0.39, 0.29) is 22.9 Å². The molecule has 9 heteroatoms. The number of carbonyl (C=O) groups is 2. The fourth-order valence-electron chi connectivity index (χ4n) is 3.67. The number of nitrogens with one attached hydrogen (secondary N) is 2. The molecule has 0 radical (unpaired) electrons. The first-order valence-electron chi connectivity index (χ1n) is 10.1.